The minimum Gasteiger partial charge on any atom is -0.493 e. The Morgan fingerprint density at radius 1 is 1.11 bits per heavy atom. The fourth-order valence-corrected chi connectivity index (χ4v) is 1.85. The summed E-state index contributed by atoms with van der Waals surface area (Å²) in [6.07, 6.45) is 0. The van der Waals surface area contributed by atoms with Crippen LogP contribution in [0.3, 0.4) is 0 Å². The molecule has 0 N–H and O–H groups in total. The van der Waals surface area contributed by atoms with Crippen LogP contribution in [0, 0.1) is 5.82 Å². The lowest BCUT2D eigenvalue weighted by molar-refractivity contribution is 0.279. The molecule has 0 fully saturated rings. The monoisotopic (exact) mass is 280 g/mol. The highest BCUT2D eigenvalue weighted by Crippen LogP contribution is 2.29. The lowest BCUT2D eigenvalue weighted by Gasteiger charge is -2.12. The predicted molar refractivity (Wildman–Crippen MR) is 73.3 cm³/mol. The van der Waals surface area contributed by atoms with Gasteiger partial charge < -0.3 is 9.47 Å². The Kier molecular flexibility index (Phi) is 4.63. The number of benzene rings is 2. The van der Waals surface area contributed by atoms with E-state index in [9.17, 15) is 4.39 Å². The number of hydrogen-bond acceptors (Lipinski definition) is 2. The van der Waals surface area contributed by atoms with E-state index in [4.69, 9.17) is 21.1 Å². The molecule has 0 radical (unpaired) electrons. The van der Waals surface area contributed by atoms with Crippen LogP contribution >= 0.6 is 11.6 Å². The normalized spacial score (nSPS) is 10.3. The summed E-state index contributed by atoms with van der Waals surface area (Å²) in [6, 6.07) is 12.0. The smallest absolute Gasteiger partial charge is 0.161 e. The lowest BCUT2D eigenvalue weighted by Crippen LogP contribution is -2.00. The van der Waals surface area contributed by atoms with Crippen molar-refractivity contribution in [2.75, 3.05) is 7.11 Å². The summed E-state index contributed by atoms with van der Waals surface area (Å²) in [6.45, 7) is 0.156. The minimum absolute atomic E-state index is 0.156. The highest BCUT2D eigenvalue weighted by Gasteiger charge is 2.07. The van der Waals surface area contributed by atoms with Gasteiger partial charge >= 0.3 is 0 Å². The van der Waals surface area contributed by atoms with Gasteiger partial charge in [-0.25, -0.2) is 4.39 Å². The maximum absolute atomic E-state index is 13.5. The van der Waals surface area contributed by atoms with E-state index in [0.717, 1.165) is 5.56 Å². The van der Waals surface area contributed by atoms with Gasteiger partial charge in [0.1, 0.15) is 12.4 Å². The highest BCUT2D eigenvalue weighted by atomic mass is 35.5. The van der Waals surface area contributed by atoms with Gasteiger partial charge in [0.2, 0.25) is 0 Å². The van der Waals surface area contributed by atoms with E-state index in [1.54, 1.807) is 31.4 Å². The van der Waals surface area contributed by atoms with Crippen molar-refractivity contribution in [3.63, 3.8) is 0 Å². The molecule has 0 heterocycles. The van der Waals surface area contributed by atoms with Crippen molar-refractivity contribution in [1.82, 2.24) is 0 Å². The summed E-state index contributed by atoms with van der Waals surface area (Å²) in [5.41, 5.74) is 1.45. The molecule has 0 saturated heterocycles. The summed E-state index contributed by atoms with van der Waals surface area (Å²) in [7, 11) is 1.56. The molecule has 0 aliphatic rings. The van der Waals surface area contributed by atoms with Crippen LogP contribution in [-0.4, -0.2) is 7.11 Å². The van der Waals surface area contributed by atoms with Crippen molar-refractivity contribution in [2.24, 2.45) is 0 Å². The molecule has 0 aliphatic heterocycles. The van der Waals surface area contributed by atoms with Crippen molar-refractivity contribution in [1.29, 1.82) is 0 Å². The highest BCUT2D eigenvalue weighted by molar-refractivity contribution is 6.17. The van der Waals surface area contributed by atoms with Crippen LogP contribution < -0.4 is 9.47 Å². The Balaban J connectivity index is 2.13. The zero-order chi connectivity index (χ0) is 13.7. The summed E-state index contributed by atoms with van der Waals surface area (Å²) in [4.78, 5) is 0. The van der Waals surface area contributed by atoms with E-state index < -0.39 is 0 Å². The van der Waals surface area contributed by atoms with E-state index in [-0.39, 0.29) is 12.4 Å². The molecule has 19 heavy (non-hydrogen) atoms. The Bertz CT molecular complexity index is 558. The van der Waals surface area contributed by atoms with Crippen molar-refractivity contribution in [2.45, 2.75) is 12.5 Å². The maximum Gasteiger partial charge on any atom is 0.161 e. The predicted octanol–water partition coefficient (Wildman–Crippen LogP) is 4.15. The second-order valence-corrected chi connectivity index (χ2v) is 4.27. The standard InChI is InChI=1S/C15H14ClFO2/c1-18-15-8-11(9-16)6-7-14(15)19-10-12-4-2-3-5-13(12)17/h2-8H,9-10H2,1H3. The fourth-order valence-electron chi connectivity index (χ4n) is 1.69. The first kappa shape index (κ1) is 13.7. The number of rotatable bonds is 5. The average molecular weight is 281 g/mol. The van der Waals surface area contributed by atoms with E-state index in [1.165, 1.54) is 6.07 Å². The van der Waals surface area contributed by atoms with Crippen LogP contribution in [0.25, 0.3) is 0 Å². The Hall–Kier alpha value is -1.74. The first-order chi connectivity index (χ1) is 9.24. The molecule has 2 aromatic carbocycles. The average Bonchev–Trinajstić information content (AvgIpc) is 2.46. The molecule has 2 aromatic rings. The topological polar surface area (TPSA) is 18.5 Å². The van der Waals surface area contributed by atoms with E-state index in [2.05, 4.69) is 0 Å². The lowest BCUT2D eigenvalue weighted by atomic mass is 10.2. The maximum atomic E-state index is 13.5. The molecular weight excluding hydrogens is 267 g/mol. The van der Waals surface area contributed by atoms with Crippen LogP contribution in [0.1, 0.15) is 11.1 Å². The van der Waals surface area contributed by atoms with Gasteiger partial charge in [0.25, 0.3) is 0 Å². The molecule has 0 aliphatic carbocycles. The number of halogens is 2. The summed E-state index contributed by atoms with van der Waals surface area (Å²) < 4.78 is 24.3. The van der Waals surface area contributed by atoms with Crippen LogP contribution in [0.5, 0.6) is 11.5 Å². The zero-order valence-electron chi connectivity index (χ0n) is 10.5. The van der Waals surface area contributed by atoms with Gasteiger partial charge in [0, 0.05) is 11.4 Å². The molecule has 2 rings (SSSR count). The largest absolute Gasteiger partial charge is 0.493 e. The van der Waals surface area contributed by atoms with Gasteiger partial charge in [-0.05, 0) is 23.8 Å². The molecule has 0 atom stereocenters. The third kappa shape index (κ3) is 3.38. The van der Waals surface area contributed by atoms with Gasteiger partial charge in [-0.3, -0.25) is 0 Å². The molecular formula is C15H14ClFO2. The van der Waals surface area contributed by atoms with Crippen LogP contribution in [0.4, 0.5) is 4.39 Å². The molecule has 100 valence electrons. The van der Waals surface area contributed by atoms with Crippen LogP contribution in [-0.2, 0) is 12.5 Å². The van der Waals surface area contributed by atoms with Gasteiger partial charge in [-0.2, -0.15) is 0 Å². The first-order valence-electron chi connectivity index (χ1n) is 5.83. The second-order valence-electron chi connectivity index (χ2n) is 4.00. The minimum atomic E-state index is -0.279. The van der Waals surface area contributed by atoms with Crippen molar-refractivity contribution < 1.29 is 13.9 Å². The molecule has 0 spiro atoms. The Morgan fingerprint density at radius 2 is 1.89 bits per heavy atom. The van der Waals surface area contributed by atoms with Gasteiger partial charge in [-0.15, -0.1) is 11.6 Å². The first-order valence-corrected chi connectivity index (χ1v) is 6.37. The number of hydrogen-bond donors (Lipinski definition) is 0. The number of methoxy groups -OCH3 is 1. The van der Waals surface area contributed by atoms with Crippen molar-refractivity contribution >= 4 is 11.6 Å². The van der Waals surface area contributed by atoms with E-state index >= 15 is 0 Å². The Morgan fingerprint density at radius 3 is 2.58 bits per heavy atom. The molecule has 0 aromatic heterocycles. The van der Waals surface area contributed by atoms with Gasteiger partial charge in [-0.1, -0.05) is 24.3 Å². The van der Waals surface area contributed by atoms with Crippen molar-refractivity contribution in [3.05, 3.63) is 59.4 Å². The van der Waals surface area contributed by atoms with Gasteiger partial charge in [0.05, 0.1) is 7.11 Å². The third-order valence-electron chi connectivity index (χ3n) is 2.72. The second kappa shape index (κ2) is 6.43. The SMILES string of the molecule is COc1cc(CCl)ccc1OCc1ccccc1F. The van der Waals surface area contributed by atoms with Gasteiger partial charge in [0.15, 0.2) is 11.5 Å². The summed E-state index contributed by atoms with van der Waals surface area (Å²) in [5.74, 6) is 1.29. The van der Waals surface area contributed by atoms with E-state index in [1.807, 2.05) is 12.1 Å². The Labute approximate surface area is 116 Å². The summed E-state index contributed by atoms with van der Waals surface area (Å²) >= 11 is 5.76. The number of ether oxygens (including phenoxy) is 2. The molecule has 2 nitrogen and oxygen atoms in total. The molecule has 0 saturated carbocycles. The van der Waals surface area contributed by atoms with Crippen molar-refractivity contribution in [3.8, 4) is 11.5 Å². The molecule has 0 amide bonds. The third-order valence-corrected chi connectivity index (χ3v) is 3.03. The fraction of sp³-hybridized carbons (Fsp3) is 0.200. The molecule has 0 unspecified atom stereocenters. The van der Waals surface area contributed by atoms with Crippen LogP contribution in [0.2, 0.25) is 0 Å². The molecule has 0 bridgehead atoms. The number of alkyl halides is 1. The quantitative estimate of drug-likeness (QED) is 0.766. The molecule has 4 heteroatoms. The van der Waals surface area contributed by atoms with E-state index in [0.29, 0.717) is 22.9 Å². The van der Waals surface area contributed by atoms with Crippen LogP contribution in [0.15, 0.2) is 42.5 Å². The zero-order valence-corrected chi connectivity index (χ0v) is 11.3. The summed E-state index contributed by atoms with van der Waals surface area (Å²) in [5, 5.41) is 0.